The number of nitrogens with zero attached hydrogens (tertiary/aromatic N) is 1. The molecule has 2 rings (SSSR count). The van der Waals surface area contributed by atoms with Crippen molar-refractivity contribution in [3.63, 3.8) is 0 Å². The molecule has 16 heavy (non-hydrogen) atoms. The molecule has 1 aromatic carbocycles. The Morgan fingerprint density at radius 2 is 1.81 bits per heavy atom. The highest BCUT2D eigenvalue weighted by Crippen LogP contribution is 2.29. The van der Waals surface area contributed by atoms with E-state index >= 15 is 0 Å². The van der Waals surface area contributed by atoms with Crippen LogP contribution in [0.5, 0.6) is 0 Å². The first-order valence-corrected chi connectivity index (χ1v) is 5.41. The van der Waals surface area contributed by atoms with Gasteiger partial charge in [0, 0.05) is 24.1 Å². The Bertz CT molecular complexity index is 483. The molecular formula is C13H16N2O. The van der Waals surface area contributed by atoms with Crippen LogP contribution in [0.1, 0.15) is 31.4 Å². The number of benzene rings is 1. The van der Waals surface area contributed by atoms with Crippen LogP contribution >= 0.6 is 0 Å². The summed E-state index contributed by atoms with van der Waals surface area (Å²) in [7, 11) is 0. The van der Waals surface area contributed by atoms with Crippen molar-refractivity contribution in [2.75, 3.05) is 5.73 Å². The Morgan fingerprint density at radius 1 is 1.19 bits per heavy atom. The van der Waals surface area contributed by atoms with Crippen LogP contribution in [0.15, 0.2) is 28.7 Å². The van der Waals surface area contributed by atoms with Crippen LogP contribution in [0.3, 0.4) is 0 Å². The smallest absolute Gasteiger partial charge is 0.191 e. The molecule has 1 heterocycles. The van der Waals surface area contributed by atoms with E-state index in [2.05, 4.69) is 18.8 Å². The molecule has 2 aromatic rings. The minimum absolute atomic E-state index is 0.328. The fraction of sp³-hybridized carbons (Fsp3) is 0.308. The van der Waals surface area contributed by atoms with E-state index < -0.39 is 0 Å². The third-order valence-corrected chi connectivity index (χ3v) is 2.47. The Labute approximate surface area is 95.3 Å². The van der Waals surface area contributed by atoms with Gasteiger partial charge in [-0.25, -0.2) is 4.98 Å². The predicted molar refractivity (Wildman–Crippen MR) is 65.2 cm³/mol. The summed E-state index contributed by atoms with van der Waals surface area (Å²) in [6.45, 7) is 6.06. The number of oxazole rings is 1. The molecule has 0 aliphatic heterocycles. The molecule has 2 N–H and O–H groups in total. The lowest BCUT2D eigenvalue weighted by molar-refractivity contribution is 0.457. The van der Waals surface area contributed by atoms with Crippen molar-refractivity contribution in [3.8, 4) is 11.3 Å². The molecule has 3 nitrogen and oxygen atoms in total. The first-order chi connectivity index (χ1) is 7.58. The van der Waals surface area contributed by atoms with E-state index in [1.165, 1.54) is 0 Å². The molecule has 0 radical (unpaired) electrons. The van der Waals surface area contributed by atoms with E-state index in [9.17, 15) is 0 Å². The number of hydrogen-bond acceptors (Lipinski definition) is 3. The Balaban J connectivity index is 2.50. The number of nitrogen functional groups attached to an aromatic ring is 1. The number of rotatable bonds is 2. The van der Waals surface area contributed by atoms with Crippen LogP contribution in [0, 0.1) is 6.92 Å². The van der Waals surface area contributed by atoms with Crippen molar-refractivity contribution in [1.29, 1.82) is 0 Å². The normalized spacial score (nSPS) is 11.0. The lowest BCUT2D eigenvalue weighted by Gasteiger charge is -2.04. The van der Waals surface area contributed by atoms with Crippen molar-refractivity contribution < 1.29 is 4.42 Å². The monoisotopic (exact) mass is 216 g/mol. The lowest BCUT2D eigenvalue weighted by Crippen LogP contribution is -1.90. The van der Waals surface area contributed by atoms with Crippen LogP contribution in [0.25, 0.3) is 11.3 Å². The first kappa shape index (κ1) is 10.7. The summed E-state index contributed by atoms with van der Waals surface area (Å²) < 4.78 is 5.62. The third kappa shape index (κ3) is 1.94. The van der Waals surface area contributed by atoms with E-state index in [1.807, 2.05) is 31.2 Å². The zero-order valence-corrected chi connectivity index (χ0v) is 9.82. The summed E-state index contributed by atoms with van der Waals surface area (Å²) in [4.78, 5) is 4.42. The van der Waals surface area contributed by atoms with Crippen LogP contribution in [0.4, 0.5) is 5.69 Å². The molecule has 0 aliphatic carbocycles. The molecule has 0 bridgehead atoms. The topological polar surface area (TPSA) is 52.0 Å². The average molecular weight is 216 g/mol. The first-order valence-electron chi connectivity index (χ1n) is 5.41. The van der Waals surface area contributed by atoms with Crippen molar-refractivity contribution in [2.24, 2.45) is 0 Å². The van der Waals surface area contributed by atoms with Crippen molar-refractivity contribution in [1.82, 2.24) is 4.98 Å². The summed E-state index contributed by atoms with van der Waals surface area (Å²) in [6.07, 6.45) is 0. The molecule has 0 aliphatic rings. The molecule has 0 saturated heterocycles. The Morgan fingerprint density at radius 3 is 2.38 bits per heavy atom. The van der Waals surface area contributed by atoms with Gasteiger partial charge in [0.15, 0.2) is 5.89 Å². The fourth-order valence-corrected chi connectivity index (χ4v) is 1.68. The third-order valence-electron chi connectivity index (χ3n) is 2.47. The van der Waals surface area contributed by atoms with Crippen LogP contribution in [-0.2, 0) is 0 Å². The number of anilines is 1. The van der Waals surface area contributed by atoms with E-state index in [-0.39, 0.29) is 0 Å². The maximum Gasteiger partial charge on any atom is 0.191 e. The maximum absolute atomic E-state index is 5.66. The van der Waals surface area contributed by atoms with Crippen LogP contribution in [-0.4, -0.2) is 4.98 Å². The van der Waals surface area contributed by atoms with Crippen molar-refractivity contribution >= 4 is 5.69 Å². The number of aryl methyl sites for hydroxylation is 1. The summed E-state index contributed by atoms with van der Waals surface area (Å²) >= 11 is 0. The van der Waals surface area contributed by atoms with Crippen molar-refractivity contribution in [3.05, 3.63) is 35.9 Å². The van der Waals surface area contributed by atoms with Crippen LogP contribution < -0.4 is 5.73 Å². The Kier molecular flexibility index (Phi) is 2.69. The van der Waals surface area contributed by atoms with Gasteiger partial charge in [-0.2, -0.15) is 0 Å². The van der Waals surface area contributed by atoms with E-state index in [0.29, 0.717) is 11.8 Å². The zero-order valence-electron chi connectivity index (χ0n) is 9.82. The number of nitrogens with two attached hydrogens (primary N) is 1. The van der Waals surface area contributed by atoms with Gasteiger partial charge in [0.25, 0.3) is 0 Å². The largest absolute Gasteiger partial charge is 0.445 e. The molecule has 0 saturated carbocycles. The highest BCUT2D eigenvalue weighted by Gasteiger charge is 2.15. The second kappa shape index (κ2) is 4.00. The maximum atomic E-state index is 5.66. The average Bonchev–Trinajstić information content (AvgIpc) is 2.61. The molecule has 0 fully saturated rings. The van der Waals surface area contributed by atoms with Gasteiger partial charge < -0.3 is 10.2 Å². The summed E-state index contributed by atoms with van der Waals surface area (Å²) in [5, 5.41) is 0. The predicted octanol–water partition coefficient (Wildman–Crippen LogP) is 3.36. The van der Waals surface area contributed by atoms with Gasteiger partial charge in [0.05, 0.1) is 0 Å². The van der Waals surface area contributed by atoms with Crippen LogP contribution in [0.2, 0.25) is 0 Å². The second-order valence-electron chi connectivity index (χ2n) is 4.22. The second-order valence-corrected chi connectivity index (χ2v) is 4.22. The van der Waals surface area contributed by atoms with Gasteiger partial charge in [-0.1, -0.05) is 26.0 Å². The molecule has 3 heteroatoms. The molecule has 0 atom stereocenters. The van der Waals surface area contributed by atoms with E-state index in [1.54, 1.807) is 0 Å². The van der Waals surface area contributed by atoms with Gasteiger partial charge >= 0.3 is 0 Å². The number of hydrogen-bond donors (Lipinski definition) is 1. The zero-order chi connectivity index (χ0) is 11.7. The highest BCUT2D eigenvalue weighted by atomic mass is 16.4. The SMILES string of the molecule is Cc1nc(-c2ccc(N)cc2)c(C(C)C)o1. The van der Waals surface area contributed by atoms with Gasteiger partial charge in [-0.3, -0.25) is 0 Å². The van der Waals surface area contributed by atoms with Gasteiger partial charge in [-0.15, -0.1) is 0 Å². The lowest BCUT2D eigenvalue weighted by atomic mass is 10.0. The fourth-order valence-electron chi connectivity index (χ4n) is 1.68. The summed E-state index contributed by atoms with van der Waals surface area (Å²) in [6, 6.07) is 7.70. The molecule has 0 amide bonds. The molecule has 0 unspecified atom stereocenters. The quantitative estimate of drug-likeness (QED) is 0.783. The number of aromatic nitrogens is 1. The molecule has 1 aromatic heterocycles. The van der Waals surface area contributed by atoms with Crippen molar-refractivity contribution in [2.45, 2.75) is 26.7 Å². The minimum Gasteiger partial charge on any atom is -0.445 e. The summed E-state index contributed by atoms with van der Waals surface area (Å²) in [5.41, 5.74) is 8.40. The molecule has 0 spiro atoms. The van der Waals surface area contributed by atoms with E-state index in [0.717, 1.165) is 22.7 Å². The van der Waals surface area contributed by atoms with Gasteiger partial charge in [0.1, 0.15) is 11.5 Å². The van der Waals surface area contributed by atoms with Gasteiger partial charge in [-0.05, 0) is 12.1 Å². The highest BCUT2D eigenvalue weighted by molar-refractivity contribution is 5.64. The van der Waals surface area contributed by atoms with E-state index in [4.69, 9.17) is 10.2 Å². The standard InChI is InChI=1S/C13H16N2O/c1-8(2)13-12(15-9(3)16-13)10-4-6-11(14)7-5-10/h4-8H,14H2,1-3H3. The Hall–Kier alpha value is -1.77. The molecular weight excluding hydrogens is 200 g/mol. The minimum atomic E-state index is 0.328. The molecule has 84 valence electrons. The van der Waals surface area contributed by atoms with Gasteiger partial charge in [0.2, 0.25) is 0 Å². The summed E-state index contributed by atoms with van der Waals surface area (Å²) in [5.74, 6) is 1.96.